The third kappa shape index (κ3) is 4.26. The summed E-state index contributed by atoms with van der Waals surface area (Å²) in [4.78, 5) is 27.6. The number of hydrogen-bond acceptors (Lipinski definition) is 4. The minimum Gasteiger partial charge on any atom is -0.463 e. The first-order valence-electron chi connectivity index (χ1n) is 9.75. The van der Waals surface area contributed by atoms with E-state index in [-0.39, 0.29) is 36.4 Å². The van der Waals surface area contributed by atoms with Crippen molar-refractivity contribution in [1.82, 2.24) is 0 Å². The molecule has 1 aromatic rings. The predicted molar refractivity (Wildman–Crippen MR) is 100.0 cm³/mol. The summed E-state index contributed by atoms with van der Waals surface area (Å²) >= 11 is 0. The zero-order chi connectivity index (χ0) is 18.5. The Kier molecular flexibility index (Phi) is 6.30. The molecule has 0 aromatic heterocycles. The third-order valence-corrected chi connectivity index (χ3v) is 5.32. The summed E-state index contributed by atoms with van der Waals surface area (Å²) in [6, 6.07) is 8.04. The van der Waals surface area contributed by atoms with E-state index in [2.05, 4.69) is 6.07 Å². The van der Waals surface area contributed by atoms with Gasteiger partial charge in [0, 0.05) is 12.2 Å². The molecule has 0 N–H and O–H groups in total. The monoisotopic (exact) mass is 359 g/mol. The van der Waals surface area contributed by atoms with Crippen LogP contribution in [0.15, 0.2) is 24.3 Å². The topological polar surface area (TPSA) is 55.8 Å². The first-order chi connectivity index (χ1) is 12.6. The number of hydrogen-bond donors (Lipinski definition) is 0. The maximum absolute atomic E-state index is 13.2. The van der Waals surface area contributed by atoms with E-state index < -0.39 is 0 Å². The molecule has 0 spiro atoms. The molecule has 1 heterocycles. The largest absolute Gasteiger partial charge is 0.463 e. The number of amides is 1. The van der Waals surface area contributed by atoms with E-state index >= 15 is 0 Å². The molecule has 1 amide bonds. The molecule has 2 aliphatic rings. The molecule has 2 atom stereocenters. The number of anilines is 1. The molecule has 1 aliphatic heterocycles. The standard InChI is InChI=1S/C21H29NO4/c1-15(2)25-13-14-26-21(24)18-9-5-4-8-17(18)20(23)22-12-11-16-7-3-6-10-19(16)22/h3,6-7,10,15,17-18H,4-5,8-9,11-14H2,1-2H3. The number of rotatable bonds is 6. The molecule has 1 fully saturated rings. The van der Waals surface area contributed by atoms with Crippen molar-refractivity contribution >= 4 is 17.6 Å². The molecular weight excluding hydrogens is 330 g/mol. The Hall–Kier alpha value is -1.88. The Morgan fingerprint density at radius 3 is 2.62 bits per heavy atom. The van der Waals surface area contributed by atoms with Crippen molar-refractivity contribution in [3.63, 3.8) is 0 Å². The number of benzene rings is 1. The molecule has 1 aromatic carbocycles. The molecular formula is C21H29NO4. The van der Waals surface area contributed by atoms with Crippen LogP contribution in [-0.4, -0.2) is 37.7 Å². The second-order valence-corrected chi connectivity index (χ2v) is 7.45. The van der Waals surface area contributed by atoms with Crippen molar-refractivity contribution < 1.29 is 19.1 Å². The van der Waals surface area contributed by atoms with Gasteiger partial charge in [0.05, 0.1) is 24.5 Å². The fourth-order valence-corrected chi connectivity index (χ4v) is 4.01. The maximum atomic E-state index is 13.2. The minimum atomic E-state index is -0.330. The van der Waals surface area contributed by atoms with E-state index in [0.29, 0.717) is 13.2 Å². The Morgan fingerprint density at radius 1 is 1.12 bits per heavy atom. The fraction of sp³-hybridized carbons (Fsp3) is 0.619. The van der Waals surface area contributed by atoms with Gasteiger partial charge in [0.2, 0.25) is 5.91 Å². The summed E-state index contributed by atoms with van der Waals surface area (Å²) in [5, 5.41) is 0. The maximum Gasteiger partial charge on any atom is 0.309 e. The van der Waals surface area contributed by atoms with E-state index in [1.54, 1.807) is 0 Å². The van der Waals surface area contributed by atoms with Gasteiger partial charge in [0.25, 0.3) is 0 Å². The van der Waals surface area contributed by atoms with Crippen molar-refractivity contribution in [1.29, 1.82) is 0 Å². The number of fused-ring (bicyclic) bond motifs is 1. The van der Waals surface area contributed by atoms with Gasteiger partial charge >= 0.3 is 5.97 Å². The second-order valence-electron chi connectivity index (χ2n) is 7.45. The lowest BCUT2D eigenvalue weighted by atomic mass is 9.78. The zero-order valence-corrected chi connectivity index (χ0v) is 15.8. The average molecular weight is 359 g/mol. The second kappa shape index (κ2) is 8.67. The van der Waals surface area contributed by atoms with Gasteiger partial charge in [-0.15, -0.1) is 0 Å². The molecule has 5 nitrogen and oxygen atoms in total. The van der Waals surface area contributed by atoms with Gasteiger partial charge in [0.1, 0.15) is 6.61 Å². The average Bonchev–Trinajstić information content (AvgIpc) is 3.08. The van der Waals surface area contributed by atoms with Crippen LogP contribution >= 0.6 is 0 Å². The van der Waals surface area contributed by atoms with Crippen LogP contribution in [0.3, 0.4) is 0 Å². The molecule has 2 unspecified atom stereocenters. The lowest BCUT2D eigenvalue weighted by Gasteiger charge is -2.32. The van der Waals surface area contributed by atoms with Gasteiger partial charge in [-0.1, -0.05) is 31.0 Å². The highest BCUT2D eigenvalue weighted by molar-refractivity contribution is 5.99. The molecule has 1 saturated carbocycles. The summed E-state index contributed by atoms with van der Waals surface area (Å²) in [6.07, 6.45) is 4.47. The van der Waals surface area contributed by atoms with E-state index in [0.717, 1.165) is 37.8 Å². The van der Waals surface area contributed by atoms with E-state index in [1.165, 1.54) is 5.56 Å². The quantitative estimate of drug-likeness (QED) is 0.577. The number of carbonyl (C=O) groups is 2. The highest BCUT2D eigenvalue weighted by Gasteiger charge is 2.40. The summed E-state index contributed by atoms with van der Waals surface area (Å²) in [7, 11) is 0. The number of carbonyl (C=O) groups excluding carboxylic acids is 2. The predicted octanol–water partition coefficient (Wildman–Crippen LogP) is 3.35. The fourth-order valence-electron chi connectivity index (χ4n) is 4.01. The summed E-state index contributed by atoms with van der Waals surface area (Å²) in [6.45, 7) is 5.25. The Morgan fingerprint density at radius 2 is 1.85 bits per heavy atom. The molecule has 5 heteroatoms. The van der Waals surface area contributed by atoms with E-state index in [9.17, 15) is 9.59 Å². The van der Waals surface area contributed by atoms with Crippen molar-refractivity contribution in [2.45, 2.75) is 52.1 Å². The van der Waals surface area contributed by atoms with Gasteiger partial charge in [-0.05, 0) is 44.7 Å². The molecule has 0 saturated heterocycles. The van der Waals surface area contributed by atoms with Crippen LogP contribution < -0.4 is 4.90 Å². The van der Waals surface area contributed by atoms with Crippen LogP contribution in [0.4, 0.5) is 5.69 Å². The Bertz CT molecular complexity index is 643. The van der Waals surface area contributed by atoms with Crippen LogP contribution in [0.2, 0.25) is 0 Å². The molecule has 1 aliphatic carbocycles. The first kappa shape index (κ1) is 18.9. The number of para-hydroxylation sites is 1. The number of nitrogens with zero attached hydrogens (tertiary/aromatic N) is 1. The number of esters is 1. The zero-order valence-electron chi connectivity index (χ0n) is 15.8. The Labute approximate surface area is 155 Å². The highest BCUT2D eigenvalue weighted by atomic mass is 16.6. The van der Waals surface area contributed by atoms with Crippen molar-refractivity contribution in [2.24, 2.45) is 11.8 Å². The Balaban J connectivity index is 1.63. The number of ether oxygens (including phenoxy) is 2. The van der Waals surface area contributed by atoms with Crippen LogP contribution in [0.5, 0.6) is 0 Å². The first-order valence-corrected chi connectivity index (χ1v) is 9.75. The lowest BCUT2D eigenvalue weighted by Crippen LogP contribution is -2.42. The SMILES string of the molecule is CC(C)OCCOC(=O)C1CCCCC1C(=O)N1CCc2ccccc21. The third-order valence-electron chi connectivity index (χ3n) is 5.32. The summed E-state index contributed by atoms with van der Waals surface area (Å²) in [5.41, 5.74) is 2.21. The molecule has 142 valence electrons. The molecule has 3 rings (SSSR count). The van der Waals surface area contributed by atoms with Crippen molar-refractivity contribution in [3.8, 4) is 0 Å². The van der Waals surface area contributed by atoms with Crippen LogP contribution in [0.1, 0.15) is 45.1 Å². The van der Waals surface area contributed by atoms with Gasteiger partial charge in [0.15, 0.2) is 0 Å². The van der Waals surface area contributed by atoms with E-state index in [4.69, 9.17) is 9.47 Å². The van der Waals surface area contributed by atoms with Gasteiger partial charge < -0.3 is 14.4 Å². The van der Waals surface area contributed by atoms with Crippen molar-refractivity contribution in [2.75, 3.05) is 24.7 Å². The van der Waals surface area contributed by atoms with Gasteiger partial charge in [-0.25, -0.2) is 0 Å². The van der Waals surface area contributed by atoms with E-state index in [1.807, 2.05) is 36.9 Å². The molecule has 26 heavy (non-hydrogen) atoms. The minimum absolute atomic E-state index is 0.0787. The van der Waals surface area contributed by atoms with Gasteiger partial charge in [-0.3, -0.25) is 9.59 Å². The van der Waals surface area contributed by atoms with Crippen LogP contribution in [0, 0.1) is 11.8 Å². The summed E-state index contributed by atoms with van der Waals surface area (Å²) in [5.74, 6) is -0.769. The van der Waals surface area contributed by atoms with Crippen molar-refractivity contribution in [3.05, 3.63) is 29.8 Å². The lowest BCUT2D eigenvalue weighted by molar-refractivity contribution is -0.156. The summed E-state index contributed by atoms with van der Waals surface area (Å²) < 4.78 is 10.8. The van der Waals surface area contributed by atoms with Crippen LogP contribution in [0.25, 0.3) is 0 Å². The smallest absolute Gasteiger partial charge is 0.309 e. The molecule has 0 radical (unpaired) electrons. The van der Waals surface area contributed by atoms with Gasteiger partial charge in [-0.2, -0.15) is 0 Å². The normalized spacial score (nSPS) is 22.3. The van der Waals surface area contributed by atoms with Crippen LogP contribution in [-0.2, 0) is 25.5 Å². The highest BCUT2D eigenvalue weighted by Crippen LogP contribution is 2.36. The molecule has 0 bridgehead atoms.